The second-order valence-electron chi connectivity index (χ2n) is 7.90. The Kier molecular flexibility index (Phi) is 4.96. The maximum Gasteiger partial charge on any atom is 0.320 e. The van der Waals surface area contributed by atoms with Gasteiger partial charge in [0.2, 0.25) is 0 Å². The fourth-order valence-electron chi connectivity index (χ4n) is 4.51. The Morgan fingerprint density at radius 2 is 1.97 bits per heavy atom. The molecule has 0 saturated carbocycles. The van der Waals surface area contributed by atoms with Gasteiger partial charge in [-0.2, -0.15) is 5.10 Å². The van der Waals surface area contributed by atoms with Crippen molar-refractivity contribution < 1.29 is 9.18 Å². The van der Waals surface area contributed by atoms with Gasteiger partial charge in [-0.15, -0.1) is 0 Å². The molecule has 2 aromatic carbocycles. The van der Waals surface area contributed by atoms with Crippen molar-refractivity contribution in [1.82, 2.24) is 20.4 Å². The maximum absolute atomic E-state index is 13.7. The average Bonchev–Trinajstić information content (AvgIpc) is 3.46. The topological polar surface area (TPSA) is 71.0 Å². The van der Waals surface area contributed by atoms with Crippen molar-refractivity contribution >= 4 is 11.8 Å². The number of benzene rings is 2. The summed E-state index contributed by atoms with van der Waals surface area (Å²) in [4.78, 5) is 12.9. The van der Waals surface area contributed by atoms with Gasteiger partial charge in [0.15, 0.2) is 0 Å². The number of carbonyl (C=O) groups excluding carboxylic acids is 1. The number of amides is 2. The molecule has 7 heteroatoms. The Bertz CT molecular complexity index is 1060. The van der Waals surface area contributed by atoms with E-state index in [2.05, 4.69) is 16.0 Å². The van der Waals surface area contributed by atoms with E-state index in [9.17, 15) is 9.18 Å². The van der Waals surface area contributed by atoms with E-state index in [1.807, 2.05) is 41.1 Å². The van der Waals surface area contributed by atoms with Crippen molar-refractivity contribution in [3.05, 3.63) is 77.2 Å². The molecule has 3 N–H and O–H groups in total. The highest BCUT2D eigenvalue weighted by Crippen LogP contribution is 2.31. The SMILES string of the molecule is O=C(Nc1c2c(nn1-c1ccccc1)CCC2)N[C@@H]1CNC[C@H]1c1cccc(F)c1. The van der Waals surface area contributed by atoms with Gasteiger partial charge < -0.3 is 10.6 Å². The van der Waals surface area contributed by atoms with Gasteiger partial charge in [0, 0.05) is 24.6 Å². The molecule has 2 amide bonds. The number of hydrogen-bond acceptors (Lipinski definition) is 3. The maximum atomic E-state index is 13.7. The lowest BCUT2D eigenvalue weighted by Crippen LogP contribution is -2.42. The highest BCUT2D eigenvalue weighted by Gasteiger charge is 2.31. The predicted octanol–water partition coefficient (Wildman–Crippen LogP) is 3.38. The van der Waals surface area contributed by atoms with Gasteiger partial charge in [-0.25, -0.2) is 13.9 Å². The van der Waals surface area contributed by atoms with Crippen LogP contribution in [0.1, 0.15) is 29.2 Å². The number of halogens is 1. The molecule has 154 valence electrons. The van der Waals surface area contributed by atoms with Crippen LogP contribution in [0.25, 0.3) is 5.69 Å². The molecule has 0 unspecified atom stereocenters. The third kappa shape index (κ3) is 3.57. The normalized spacial score (nSPS) is 20.2. The highest BCUT2D eigenvalue weighted by molar-refractivity contribution is 5.90. The van der Waals surface area contributed by atoms with Gasteiger partial charge in [0.25, 0.3) is 0 Å². The Balaban J connectivity index is 1.36. The number of aryl methyl sites for hydroxylation is 1. The number of hydrogen-bond donors (Lipinski definition) is 3. The lowest BCUT2D eigenvalue weighted by atomic mass is 9.94. The number of nitrogens with one attached hydrogen (secondary N) is 3. The number of aromatic nitrogens is 2. The van der Waals surface area contributed by atoms with Crippen LogP contribution in [0.15, 0.2) is 54.6 Å². The molecule has 6 nitrogen and oxygen atoms in total. The van der Waals surface area contributed by atoms with E-state index >= 15 is 0 Å². The molecule has 2 heterocycles. The van der Waals surface area contributed by atoms with Gasteiger partial charge >= 0.3 is 6.03 Å². The van der Waals surface area contributed by atoms with Crippen LogP contribution in [0.2, 0.25) is 0 Å². The second kappa shape index (κ2) is 7.91. The second-order valence-corrected chi connectivity index (χ2v) is 7.90. The molecule has 2 atom stereocenters. The van der Waals surface area contributed by atoms with Gasteiger partial charge in [-0.3, -0.25) is 5.32 Å². The first-order valence-corrected chi connectivity index (χ1v) is 10.4. The lowest BCUT2D eigenvalue weighted by molar-refractivity contribution is 0.248. The summed E-state index contributed by atoms with van der Waals surface area (Å²) < 4.78 is 15.5. The Morgan fingerprint density at radius 1 is 1.10 bits per heavy atom. The average molecular weight is 405 g/mol. The lowest BCUT2D eigenvalue weighted by Gasteiger charge is -2.21. The largest absolute Gasteiger partial charge is 0.333 e. The van der Waals surface area contributed by atoms with Crippen molar-refractivity contribution in [2.45, 2.75) is 31.2 Å². The minimum Gasteiger partial charge on any atom is -0.333 e. The molecule has 30 heavy (non-hydrogen) atoms. The van der Waals surface area contributed by atoms with E-state index in [0.717, 1.165) is 47.6 Å². The van der Waals surface area contributed by atoms with Gasteiger partial charge in [0.05, 0.1) is 17.4 Å². The van der Waals surface area contributed by atoms with Crippen LogP contribution in [-0.2, 0) is 12.8 Å². The highest BCUT2D eigenvalue weighted by atomic mass is 19.1. The number of nitrogens with zero attached hydrogens (tertiary/aromatic N) is 2. The van der Waals surface area contributed by atoms with Crippen molar-refractivity contribution in [3.8, 4) is 5.69 Å². The van der Waals surface area contributed by atoms with E-state index in [-0.39, 0.29) is 23.8 Å². The Morgan fingerprint density at radius 3 is 2.80 bits per heavy atom. The summed E-state index contributed by atoms with van der Waals surface area (Å²) in [6.45, 7) is 1.34. The molecule has 0 radical (unpaired) electrons. The molecule has 1 aromatic heterocycles. The molecule has 0 bridgehead atoms. The van der Waals surface area contributed by atoms with Crippen LogP contribution in [0, 0.1) is 5.82 Å². The zero-order valence-corrected chi connectivity index (χ0v) is 16.6. The van der Waals surface area contributed by atoms with Crippen LogP contribution in [0.3, 0.4) is 0 Å². The monoisotopic (exact) mass is 405 g/mol. The van der Waals surface area contributed by atoms with Crippen LogP contribution in [0.5, 0.6) is 0 Å². The van der Waals surface area contributed by atoms with Crippen molar-refractivity contribution in [3.63, 3.8) is 0 Å². The fourth-order valence-corrected chi connectivity index (χ4v) is 4.51. The first kappa shape index (κ1) is 18.8. The molecule has 1 saturated heterocycles. The van der Waals surface area contributed by atoms with Crippen molar-refractivity contribution in [1.29, 1.82) is 0 Å². The van der Waals surface area contributed by atoms with Crippen LogP contribution >= 0.6 is 0 Å². The summed E-state index contributed by atoms with van der Waals surface area (Å²) in [5, 5.41) is 14.2. The third-order valence-corrected chi connectivity index (χ3v) is 5.95. The van der Waals surface area contributed by atoms with Gasteiger partial charge in [-0.05, 0) is 49.1 Å². The third-order valence-electron chi connectivity index (χ3n) is 5.95. The fraction of sp³-hybridized carbons (Fsp3) is 0.304. The Hall–Kier alpha value is -3.19. The number of anilines is 1. The number of fused-ring (bicyclic) bond motifs is 1. The molecule has 2 aliphatic rings. The summed E-state index contributed by atoms with van der Waals surface area (Å²) in [5.74, 6) is 0.501. The van der Waals surface area contributed by atoms with Crippen LogP contribution in [-0.4, -0.2) is 34.9 Å². The summed E-state index contributed by atoms with van der Waals surface area (Å²) in [6.07, 6.45) is 2.89. The number of rotatable bonds is 4. The predicted molar refractivity (Wildman–Crippen MR) is 114 cm³/mol. The minimum atomic E-state index is -0.267. The number of urea groups is 1. The summed E-state index contributed by atoms with van der Waals surface area (Å²) in [6, 6.07) is 16.0. The molecule has 0 spiro atoms. The van der Waals surface area contributed by atoms with Crippen LogP contribution < -0.4 is 16.0 Å². The molecule has 1 aliphatic carbocycles. The molecule has 1 aliphatic heterocycles. The zero-order chi connectivity index (χ0) is 20.5. The number of carbonyl (C=O) groups is 1. The molecular formula is C23H24FN5O. The van der Waals surface area contributed by atoms with E-state index in [4.69, 9.17) is 5.10 Å². The molecule has 1 fully saturated rings. The zero-order valence-electron chi connectivity index (χ0n) is 16.6. The minimum absolute atomic E-state index is 0.0243. The number of para-hydroxylation sites is 1. The van der Waals surface area contributed by atoms with Crippen LogP contribution in [0.4, 0.5) is 15.0 Å². The molecule has 5 rings (SSSR count). The van der Waals surface area contributed by atoms with Crippen molar-refractivity contribution in [2.24, 2.45) is 0 Å². The quantitative estimate of drug-likeness (QED) is 0.623. The first-order valence-electron chi connectivity index (χ1n) is 10.4. The van der Waals surface area contributed by atoms with Gasteiger partial charge in [-0.1, -0.05) is 30.3 Å². The van der Waals surface area contributed by atoms with Gasteiger partial charge in [0.1, 0.15) is 11.6 Å². The summed E-state index contributed by atoms with van der Waals surface area (Å²) in [7, 11) is 0. The van der Waals surface area contributed by atoms with E-state index in [1.165, 1.54) is 6.07 Å². The smallest absolute Gasteiger partial charge is 0.320 e. The molecule has 3 aromatic rings. The van der Waals surface area contributed by atoms with Crippen molar-refractivity contribution in [2.75, 3.05) is 18.4 Å². The standard InChI is InChI=1S/C23H24FN5O/c24-16-7-4-6-15(12-16)19-13-25-14-21(19)26-23(30)27-22-18-10-5-11-20(18)28-29(22)17-8-2-1-3-9-17/h1-4,6-9,12,19,21,25H,5,10-11,13-14H2,(H2,26,27,30)/t19-,21+/m0/s1. The van der Waals surface area contributed by atoms with E-state index < -0.39 is 0 Å². The van der Waals surface area contributed by atoms with E-state index in [0.29, 0.717) is 13.1 Å². The molecular weight excluding hydrogens is 381 g/mol. The Labute approximate surface area is 174 Å². The summed E-state index contributed by atoms with van der Waals surface area (Å²) >= 11 is 0. The first-order chi connectivity index (χ1) is 14.7. The van der Waals surface area contributed by atoms with E-state index in [1.54, 1.807) is 12.1 Å². The summed E-state index contributed by atoms with van der Waals surface area (Å²) in [5.41, 5.74) is 3.97.